The fourth-order valence-corrected chi connectivity index (χ4v) is 2.28. The standard InChI is InChI=1S/C11H10N2S/c1-8-3-4-10-9(7-8)13-11(14-10)5-6-12-2/h3-4,7H,5-6H2,1H3. The highest BCUT2D eigenvalue weighted by molar-refractivity contribution is 7.18. The van der Waals surface area contributed by atoms with Crippen molar-refractivity contribution in [1.29, 1.82) is 0 Å². The number of nitrogens with zero attached hydrogens (tertiary/aromatic N) is 2. The van der Waals surface area contributed by atoms with E-state index in [0.29, 0.717) is 6.54 Å². The molecule has 0 bridgehead atoms. The zero-order valence-electron chi connectivity index (χ0n) is 7.95. The molecule has 0 aliphatic carbocycles. The summed E-state index contributed by atoms with van der Waals surface area (Å²) in [6.45, 7) is 9.33. The molecule has 0 spiro atoms. The summed E-state index contributed by atoms with van der Waals surface area (Å²) in [4.78, 5) is 7.82. The van der Waals surface area contributed by atoms with Crippen LogP contribution in [0.15, 0.2) is 18.2 Å². The Morgan fingerprint density at radius 2 is 2.36 bits per heavy atom. The van der Waals surface area contributed by atoms with E-state index in [4.69, 9.17) is 6.57 Å². The van der Waals surface area contributed by atoms with Gasteiger partial charge in [0.05, 0.1) is 16.6 Å². The molecule has 0 aliphatic heterocycles. The molecule has 2 aromatic rings. The Labute approximate surface area is 87.0 Å². The van der Waals surface area contributed by atoms with Gasteiger partial charge in [-0.2, -0.15) is 0 Å². The van der Waals surface area contributed by atoms with Crippen LogP contribution < -0.4 is 0 Å². The summed E-state index contributed by atoms with van der Waals surface area (Å²) in [7, 11) is 0. The highest BCUT2D eigenvalue weighted by atomic mass is 32.1. The van der Waals surface area contributed by atoms with Crippen LogP contribution in [0.25, 0.3) is 15.1 Å². The molecule has 1 heterocycles. The average Bonchev–Trinajstić information content (AvgIpc) is 2.56. The second-order valence-electron chi connectivity index (χ2n) is 3.21. The van der Waals surface area contributed by atoms with Gasteiger partial charge in [-0.1, -0.05) is 6.07 Å². The first-order chi connectivity index (χ1) is 6.79. The fraction of sp³-hybridized carbons (Fsp3) is 0.273. The smallest absolute Gasteiger partial charge is 0.221 e. The Bertz CT molecular complexity index is 493. The van der Waals surface area contributed by atoms with Crippen molar-refractivity contribution in [2.24, 2.45) is 0 Å². The second kappa shape index (κ2) is 3.77. The summed E-state index contributed by atoms with van der Waals surface area (Å²) < 4.78 is 1.22. The Balaban J connectivity index is 2.37. The molecule has 0 saturated carbocycles. The number of aromatic nitrogens is 1. The monoisotopic (exact) mass is 202 g/mol. The van der Waals surface area contributed by atoms with Crippen molar-refractivity contribution in [2.75, 3.05) is 6.54 Å². The quantitative estimate of drug-likeness (QED) is 0.684. The molecule has 3 heteroatoms. The third kappa shape index (κ3) is 1.75. The van der Waals surface area contributed by atoms with Gasteiger partial charge in [-0.25, -0.2) is 11.6 Å². The Kier molecular flexibility index (Phi) is 2.47. The first-order valence-corrected chi connectivity index (χ1v) is 5.30. The van der Waals surface area contributed by atoms with E-state index in [9.17, 15) is 0 Å². The molecule has 2 nitrogen and oxygen atoms in total. The molecular formula is C11H10N2S. The van der Waals surface area contributed by atoms with E-state index in [-0.39, 0.29) is 0 Å². The van der Waals surface area contributed by atoms with E-state index in [2.05, 4.69) is 35.0 Å². The third-order valence-corrected chi connectivity index (χ3v) is 3.12. The molecule has 0 radical (unpaired) electrons. The van der Waals surface area contributed by atoms with Crippen molar-refractivity contribution in [1.82, 2.24) is 4.98 Å². The number of benzene rings is 1. The van der Waals surface area contributed by atoms with Crippen LogP contribution in [0.4, 0.5) is 0 Å². The van der Waals surface area contributed by atoms with Gasteiger partial charge in [0.15, 0.2) is 0 Å². The topological polar surface area (TPSA) is 17.2 Å². The lowest BCUT2D eigenvalue weighted by Gasteiger charge is -1.88. The Hall–Kier alpha value is -1.40. The molecule has 70 valence electrons. The van der Waals surface area contributed by atoms with E-state index in [1.54, 1.807) is 11.3 Å². The van der Waals surface area contributed by atoms with Gasteiger partial charge in [0.2, 0.25) is 6.54 Å². The van der Waals surface area contributed by atoms with Crippen molar-refractivity contribution in [3.63, 3.8) is 0 Å². The predicted molar refractivity (Wildman–Crippen MR) is 59.5 cm³/mol. The van der Waals surface area contributed by atoms with Crippen LogP contribution in [0.5, 0.6) is 0 Å². The first kappa shape index (κ1) is 9.17. The molecule has 1 aromatic heterocycles. The van der Waals surface area contributed by atoms with Gasteiger partial charge in [0.25, 0.3) is 0 Å². The lowest BCUT2D eigenvalue weighted by molar-refractivity contribution is 1.06. The highest BCUT2D eigenvalue weighted by Gasteiger charge is 2.04. The van der Waals surface area contributed by atoms with Crippen LogP contribution in [0, 0.1) is 13.5 Å². The summed E-state index contributed by atoms with van der Waals surface area (Å²) >= 11 is 1.69. The maximum absolute atomic E-state index is 6.72. The van der Waals surface area contributed by atoms with Crippen LogP contribution >= 0.6 is 11.3 Å². The van der Waals surface area contributed by atoms with Crippen molar-refractivity contribution < 1.29 is 0 Å². The molecule has 0 atom stereocenters. The number of rotatable bonds is 2. The summed E-state index contributed by atoms with van der Waals surface area (Å²) in [5, 5.41) is 1.07. The number of hydrogen-bond donors (Lipinski definition) is 0. The maximum atomic E-state index is 6.72. The molecule has 0 aliphatic rings. The van der Waals surface area contributed by atoms with Gasteiger partial charge in [0.1, 0.15) is 5.01 Å². The summed E-state index contributed by atoms with van der Waals surface area (Å²) in [6, 6.07) is 6.29. The van der Waals surface area contributed by atoms with E-state index >= 15 is 0 Å². The van der Waals surface area contributed by atoms with Gasteiger partial charge in [-0.3, -0.25) is 0 Å². The number of fused-ring (bicyclic) bond motifs is 1. The Morgan fingerprint density at radius 1 is 1.50 bits per heavy atom. The maximum Gasteiger partial charge on any atom is 0.221 e. The van der Waals surface area contributed by atoms with Crippen molar-refractivity contribution in [3.8, 4) is 0 Å². The van der Waals surface area contributed by atoms with Gasteiger partial charge in [-0.05, 0) is 24.6 Å². The van der Waals surface area contributed by atoms with Crippen LogP contribution in [-0.4, -0.2) is 11.5 Å². The average molecular weight is 202 g/mol. The molecule has 0 unspecified atom stereocenters. The van der Waals surface area contributed by atoms with Crippen molar-refractivity contribution in [3.05, 3.63) is 40.2 Å². The molecule has 0 fully saturated rings. The zero-order chi connectivity index (χ0) is 9.97. The molecule has 14 heavy (non-hydrogen) atoms. The molecular weight excluding hydrogens is 192 g/mol. The summed E-state index contributed by atoms with van der Waals surface area (Å²) in [6.07, 6.45) is 0.780. The third-order valence-electron chi connectivity index (χ3n) is 2.02. The van der Waals surface area contributed by atoms with E-state index in [1.807, 2.05) is 0 Å². The van der Waals surface area contributed by atoms with Crippen LogP contribution in [0.2, 0.25) is 0 Å². The highest BCUT2D eigenvalue weighted by Crippen LogP contribution is 2.23. The van der Waals surface area contributed by atoms with E-state index in [0.717, 1.165) is 16.9 Å². The molecule has 0 N–H and O–H groups in total. The minimum absolute atomic E-state index is 0.540. The summed E-state index contributed by atoms with van der Waals surface area (Å²) in [5.41, 5.74) is 2.30. The normalized spacial score (nSPS) is 10.3. The zero-order valence-corrected chi connectivity index (χ0v) is 8.77. The number of aryl methyl sites for hydroxylation is 1. The van der Waals surface area contributed by atoms with Gasteiger partial charge in [0, 0.05) is 0 Å². The molecule has 1 aromatic carbocycles. The second-order valence-corrected chi connectivity index (χ2v) is 4.33. The van der Waals surface area contributed by atoms with Gasteiger partial charge in [-0.15, -0.1) is 11.3 Å². The minimum Gasteiger partial charge on any atom is -0.316 e. The van der Waals surface area contributed by atoms with Crippen molar-refractivity contribution in [2.45, 2.75) is 13.3 Å². The van der Waals surface area contributed by atoms with E-state index < -0.39 is 0 Å². The van der Waals surface area contributed by atoms with Crippen LogP contribution in [-0.2, 0) is 6.42 Å². The molecule has 2 rings (SSSR count). The van der Waals surface area contributed by atoms with Gasteiger partial charge < -0.3 is 4.85 Å². The lowest BCUT2D eigenvalue weighted by Crippen LogP contribution is -1.84. The van der Waals surface area contributed by atoms with Gasteiger partial charge >= 0.3 is 0 Å². The SMILES string of the molecule is [C-]#[N+]CCc1nc2cc(C)ccc2s1. The molecule has 0 saturated heterocycles. The summed E-state index contributed by atoms with van der Waals surface area (Å²) in [5.74, 6) is 0. The Morgan fingerprint density at radius 3 is 3.14 bits per heavy atom. The lowest BCUT2D eigenvalue weighted by atomic mass is 10.2. The van der Waals surface area contributed by atoms with Crippen LogP contribution in [0.1, 0.15) is 10.6 Å². The first-order valence-electron chi connectivity index (χ1n) is 4.49. The fourth-order valence-electron chi connectivity index (χ4n) is 1.34. The molecule has 0 amide bonds. The van der Waals surface area contributed by atoms with Crippen LogP contribution in [0.3, 0.4) is 0 Å². The number of thiazole rings is 1. The number of hydrogen-bond acceptors (Lipinski definition) is 2. The predicted octanol–water partition coefficient (Wildman–Crippen LogP) is 3.07. The largest absolute Gasteiger partial charge is 0.316 e. The van der Waals surface area contributed by atoms with Crippen molar-refractivity contribution >= 4 is 21.6 Å². The minimum atomic E-state index is 0.540. The van der Waals surface area contributed by atoms with E-state index in [1.165, 1.54) is 10.3 Å².